The van der Waals surface area contributed by atoms with Crippen LogP contribution in [0, 0.1) is 6.92 Å². The minimum atomic E-state index is -0.214. The number of hydrogen-bond acceptors (Lipinski definition) is 1. The SMILES string of the molecule is C=CC(=O)Nc1cccc(C(/C=C(C(=CCC)/C(C)=C/c2ccc(C)cc2CC)\C(C)=C\CC)=C/C)c1. The van der Waals surface area contributed by atoms with Gasteiger partial charge in [0.05, 0.1) is 0 Å². The topological polar surface area (TPSA) is 29.1 Å². The van der Waals surface area contributed by atoms with Crippen LogP contribution in [0.15, 0.2) is 102 Å². The monoisotopic (exact) mass is 493 g/mol. The van der Waals surface area contributed by atoms with Gasteiger partial charge in [-0.15, -0.1) is 0 Å². The summed E-state index contributed by atoms with van der Waals surface area (Å²) in [5.41, 5.74) is 11.8. The van der Waals surface area contributed by atoms with E-state index in [9.17, 15) is 4.79 Å². The molecule has 1 N–H and O–H groups in total. The third-order valence-electron chi connectivity index (χ3n) is 6.37. The Kier molecular flexibility index (Phi) is 11.8. The predicted molar refractivity (Wildman–Crippen MR) is 164 cm³/mol. The normalized spacial score (nSPS) is 13.5. The third-order valence-corrected chi connectivity index (χ3v) is 6.37. The maximum atomic E-state index is 11.8. The van der Waals surface area contributed by atoms with Gasteiger partial charge in [0, 0.05) is 5.69 Å². The van der Waals surface area contributed by atoms with Crippen LogP contribution in [0.3, 0.4) is 0 Å². The van der Waals surface area contributed by atoms with Crippen LogP contribution < -0.4 is 5.32 Å². The molecule has 2 nitrogen and oxygen atoms in total. The Morgan fingerprint density at radius 1 is 0.946 bits per heavy atom. The van der Waals surface area contributed by atoms with E-state index in [2.05, 4.69) is 115 Å². The highest BCUT2D eigenvalue weighted by Crippen LogP contribution is 2.32. The van der Waals surface area contributed by atoms with Gasteiger partial charge in [0.1, 0.15) is 0 Å². The van der Waals surface area contributed by atoms with Crippen molar-refractivity contribution in [3.05, 3.63) is 124 Å². The maximum Gasteiger partial charge on any atom is 0.247 e. The fourth-order valence-electron chi connectivity index (χ4n) is 4.46. The second-order valence-corrected chi connectivity index (χ2v) is 9.28. The molecule has 0 aliphatic carbocycles. The van der Waals surface area contributed by atoms with Gasteiger partial charge < -0.3 is 5.32 Å². The van der Waals surface area contributed by atoms with Gasteiger partial charge in [-0.3, -0.25) is 4.79 Å². The minimum Gasteiger partial charge on any atom is -0.323 e. The zero-order valence-electron chi connectivity index (χ0n) is 23.7. The summed E-state index contributed by atoms with van der Waals surface area (Å²) in [7, 11) is 0. The van der Waals surface area contributed by atoms with Crippen molar-refractivity contribution in [2.24, 2.45) is 0 Å². The molecule has 0 radical (unpaired) electrons. The highest BCUT2D eigenvalue weighted by atomic mass is 16.1. The molecule has 194 valence electrons. The van der Waals surface area contributed by atoms with E-state index in [1.165, 1.54) is 45.1 Å². The first-order valence-electron chi connectivity index (χ1n) is 13.3. The highest BCUT2D eigenvalue weighted by molar-refractivity contribution is 5.99. The van der Waals surface area contributed by atoms with E-state index in [0.29, 0.717) is 0 Å². The summed E-state index contributed by atoms with van der Waals surface area (Å²) in [6, 6.07) is 14.7. The molecule has 0 heterocycles. The van der Waals surface area contributed by atoms with E-state index in [0.717, 1.165) is 36.1 Å². The van der Waals surface area contributed by atoms with Gasteiger partial charge in [-0.05, 0) is 116 Å². The molecular weight excluding hydrogens is 450 g/mol. The molecule has 0 saturated carbocycles. The number of hydrogen-bond donors (Lipinski definition) is 1. The van der Waals surface area contributed by atoms with Crippen LogP contribution in [0.1, 0.15) is 76.6 Å². The van der Waals surface area contributed by atoms with Gasteiger partial charge in [-0.25, -0.2) is 0 Å². The van der Waals surface area contributed by atoms with E-state index in [-0.39, 0.29) is 5.91 Å². The average molecular weight is 494 g/mol. The van der Waals surface area contributed by atoms with Gasteiger partial charge in [0.25, 0.3) is 0 Å². The van der Waals surface area contributed by atoms with Gasteiger partial charge in [0.15, 0.2) is 0 Å². The first-order valence-corrected chi connectivity index (χ1v) is 13.3. The number of nitrogens with one attached hydrogen (secondary N) is 1. The average Bonchev–Trinajstić information content (AvgIpc) is 2.89. The molecule has 0 aromatic heterocycles. The molecule has 2 aromatic carbocycles. The molecule has 1 amide bonds. The van der Waals surface area contributed by atoms with Crippen LogP contribution >= 0.6 is 0 Å². The van der Waals surface area contributed by atoms with Crippen molar-refractivity contribution in [2.45, 2.75) is 67.7 Å². The molecule has 0 bridgehead atoms. The maximum absolute atomic E-state index is 11.8. The fraction of sp³-hybridized carbons (Fsp3) is 0.286. The molecule has 0 aliphatic heterocycles. The summed E-state index contributed by atoms with van der Waals surface area (Å²) < 4.78 is 0. The molecule has 2 rings (SSSR count). The number of anilines is 1. The van der Waals surface area contributed by atoms with Crippen LogP contribution in [0.5, 0.6) is 0 Å². The first kappa shape index (κ1) is 29.6. The van der Waals surface area contributed by atoms with Crippen molar-refractivity contribution < 1.29 is 4.79 Å². The molecule has 0 saturated heterocycles. The summed E-state index contributed by atoms with van der Waals surface area (Å²) in [5, 5.41) is 2.87. The predicted octanol–water partition coefficient (Wildman–Crippen LogP) is 9.81. The number of aryl methyl sites for hydroxylation is 2. The van der Waals surface area contributed by atoms with Crippen molar-refractivity contribution >= 4 is 23.2 Å². The molecule has 2 heteroatoms. The van der Waals surface area contributed by atoms with E-state index in [1.54, 1.807) is 0 Å². The number of amides is 1. The number of benzene rings is 2. The second kappa shape index (κ2) is 14.8. The van der Waals surface area contributed by atoms with Crippen molar-refractivity contribution in [1.82, 2.24) is 0 Å². The minimum absolute atomic E-state index is 0.214. The molecule has 0 spiro atoms. The molecular formula is C35H43NO. The molecule has 0 fully saturated rings. The number of carbonyl (C=O) groups is 1. The lowest BCUT2D eigenvalue weighted by molar-refractivity contribution is -0.111. The van der Waals surface area contributed by atoms with Gasteiger partial charge in [-0.2, -0.15) is 0 Å². The van der Waals surface area contributed by atoms with Crippen LogP contribution in [0.4, 0.5) is 5.69 Å². The summed E-state index contributed by atoms with van der Waals surface area (Å²) >= 11 is 0. The second-order valence-electron chi connectivity index (χ2n) is 9.28. The Bertz CT molecular complexity index is 1260. The zero-order chi connectivity index (χ0) is 27.4. The first-order chi connectivity index (χ1) is 17.8. The van der Waals surface area contributed by atoms with Gasteiger partial charge in [0.2, 0.25) is 5.91 Å². The number of carbonyl (C=O) groups excluding carboxylic acids is 1. The summed E-state index contributed by atoms with van der Waals surface area (Å²) in [6.07, 6.45) is 15.6. The Balaban J connectivity index is 2.66. The smallest absolute Gasteiger partial charge is 0.247 e. The molecule has 37 heavy (non-hydrogen) atoms. The van der Waals surface area contributed by atoms with Crippen LogP contribution in [-0.2, 0) is 11.2 Å². The van der Waals surface area contributed by atoms with E-state index in [1.807, 2.05) is 18.2 Å². The number of rotatable bonds is 11. The van der Waals surface area contributed by atoms with E-state index >= 15 is 0 Å². The van der Waals surface area contributed by atoms with Crippen LogP contribution in [0.25, 0.3) is 11.6 Å². The Hall–Kier alpha value is -3.65. The lowest BCUT2D eigenvalue weighted by atomic mass is 9.88. The van der Waals surface area contributed by atoms with Crippen molar-refractivity contribution in [3.8, 4) is 0 Å². The summed E-state index contributed by atoms with van der Waals surface area (Å²) in [4.78, 5) is 11.8. The molecule has 0 unspecified atom stereocenters. The molecule has 2 aromatic rings. The Morgan fingerprint density at radius 2 is 1.68 bits per heavy atom. The number of allylic oxidation sites excluding steroid dienone is 9. The van der Waals surface area contributed by atoms with E-state index in [4.69, 9.17) is 0 Å². The van der Waals surface area contributed by atoms with Gasteiger partial charge in [-0.1, -0.05) is 87.5 Å². The van der Waals surface area contributed by atoms with Crippen molar-refractivity contribution in [1.29, 1.82) is 0 Å². The molecule has 0 aliphatic rings. The third kappa shape index (κ3) is 8.46. The highest BCUT2D eigenvalue weighted by Gasteiger charge is 2.13. The summed E-state index contributed by atoms with van der Waals surface area (Å²) in [5.74, 6) is -0.214. The van der Waals surface area contributed by atoms with Crippen molar-refractivity contribution in [3.63, 3.8) is 0 Å². The summed E-state index contributed by atoms with van der Waals surface area (Å²) in [6.45, 7) is 18.8. The van der Waals surface area contributed by atoms with Crippen LogP contribution in [-0.4, -0.2) is 5.91 Å². The quantitative estimate of drug-likeness (QED) is 0.245. The standard InChI is InChI=1S/C35H43NO/c1-9-15-26(7)34(24-29(12-4)30-17-14-18-32(23-30)36-35(37)13-5)33(16-10-2)27(8)22-31-20-19-25(6)21-28(31)11-3/h12-24H,5,9-11H2,1-4,6-8H3,(H,36,37)/b26-15+,27-22+,29-12+,33-16?,34-24+. The van der Waals surface area contributed by atoms with Gasteiger partial charge >= 0.3 is 0 Å². The van der Waals surface area contributed by atoms with Crippen molar-refractivity contribution in [2.75, 3.05) is 5.32 Å². The van der Waals surface area contributed by atoms with Crippen LogP contribution in [0.2, 0.25) is 0 Å². The fourth-order valence-corrected chi connectivity index (χ4v) is 4.46. The lowest BCUT2D eigenvalue weighted by Crippen LogP contribution is -2.07. The zero-order valence-corrected chi connectivity index (χ0v) is 23.7. The Morgan fingerprint density at radius 3 is 2.30 bits per heavy atom. The lowest BCUT2D eigenvalue weighted by Gasteiger charge is -2.17. The molecule has 0 atom stereocenters. The Labute approximate surface area is 224 Å². The van der Waals surface area contributed by atoms with E-state index < -0.39 is 0 Å². The largest absolute Gasteiger partial charge is 0.323 e.